The molecule has 3 aromatic rings. The zero-order valence-electron chi connectivity index (χ0n) is 26.2. The number of rotatable bonds is 10. The van der Waals surface area contributed by atoms with Gasteiger partial charge in [0.05, 0.1) is 11.1 Å². The Bertz CT molecular complexity index is 1550. The van der Waals surface area contributed by atoms with Gasteiger partial charge in [0.2, 0.25) is 5.91 Å². The normalized spacial score (nSPS) is 19.5. The van der Waals surface area contributed by atoms with Crippen molar-refractivity contribution in [3.63, 3.8) is 0 Å². The molecule has 10 heteroatoms. The molecule has 1 saturated carbocycles. The molecule has 4 N–H and O–H groups in total. The molecule has 236 valence electrons. The summed E-state index contributed by atoms with van der Waals surface area (Å²) in [6.45, 7) is 11.5. The highest BCUT2D eigenvalue weighted by molar-refractivity contribution is 6.06. The number of amides is 2. The minimum absolute atomic E-state index is 0.0539. The van der Waals surface area contributed by atoms with Gasteiger partial charge in [-0.15, -0.1) is 0 Å². The summed E-state index contributed by atoms with van der Waals surface area (Å²) in [6.07, 6.45) is 3.39. The Kier molecular flexibility index (Phi) is 9.29. The standard InChI is InChI=1S/C34H44FN5O4/c1-5-39(6-2)16-15-37-33(43)44-24-11-9-23(10-12-24)38-27-17-21(7-13-25(27)32(36)42)31-26-14-8-22(35)18-28(26)40-29(31)19-34(3,4)20-30(40)41/h7-8,13-14,17-18,23-24,38H,5-6,9-12,15-16,19-20H2,1-4H3,(H2,36,42)(H,37,43)/t23-,24-. The van der Waals surface area contributed by atoms with Crippen molar-refractivity contribution < 1.29 is 23.5 Å². The monoisotopic (exact) mass is 605 g/mol. The number of likely N-dealkylation sites (N-methyl/N-ethyl adjacent to an activating group) is 1. The summed E-state index contributed by atoms with van der Waals surface area (Å²) >= 11 is 0. The quantitative estimate of drug-likeness (QED) is 0.263. The molecule has 1 aromatic heterocycles. The van der Waals surface area contributed by atoms with Gasteiger partial charge in [0.25, 0.3) is 5.91 Å². The number of benzene rings is 2. The summed E-state index contributed by atoms with van der Waals surface area (Å²) < 4.78 is 21.7. The van der Waals surface area contributed by atoms with Crippen molar-refractivity contribution in [3.8, 4) is 11.1 Å². The smallest absolute Gasteiger partial charge is 0.407 e. The second-order valence-corrected chi connectivity index (χ2v) is 12.8. The second-order valence-electron chi connectivity index (χ2n) is 12.8. The maximum atomic E-state index is 14.4. The molecule has 0 unspecified atom stereocenters. The minimum Gasteiger partial charge on any atom is -0.446 e. The van der Waals surface area contributed by atoms with Crippen molar-refractivity contribution in [3.05, 3.63) is 53.5 Å². The molecule has 0 radical (unpaired) electrons. The van der Waals surface area contributed by atoms with Gasteiger partial charge in [-0.2, -0.15) is 0 Å². The molecule has 1 aliphatic carbocycles. The molecular weight excluding hydrogens is 561 g/mol. The molecular formula is C34H44FN5O4. The zero-order chi connectivity index (χ0) is 31.6. The van der Waals surface area contributed by atoms with Gasteiger partial charge in [-0.25, -0.2) is 9.18 Å². The topological polar surface area (TPSA) is 119 Å². The van der Waals surface area contributed by atoms with E-state index in [2.05, 4.69) is 43.2 Å². The van der Waals surface area contributed by atoms with Crippen LogP contribution < -0.4 is 16.4 Å². The minimum atomic E-state index is -0.542. The van der Waals surface area contributed by atoms with Crippen molar-refractivity contribution in [2.75, 3.05) is 31.5 Å². The predicted molar refractivity (Wildman–Crippen MR) is 171 cm³/mol. The number of nitrogens with one attached hydrogen (secondary N) is 2. The van der Waals surface area contributed by atoms with E-state index in [1.807, 2.05) is 12.1 Å². The van der Waals surface area contributed by atoms with Gasteiger partial charge in [0.1, 0.15) is 11.9 Å². The molecule has 2 aromatic carbocycles. The number of hydrogen-bond acceptors (Lipinski definition) is 6. The third kappa shape index (κ3) is 6.75. The number of carbonyl (C=O) groups excluding carboxylic acids is 3. The number of nitrogens with zero attached hydrogens (tertiary/aromatic N) is 2. The maximum Gasteiger partial charge on any atom is 0.407 e. The first-order chi connectivity index (χ1) is 21.0. The summed E-state index contributed by atoms with van der Waals surface area (Å²) in [6, 6.07) is 10.1. The fourth-order valence-electron chi connectivity index (χ4n) is 6.72. The Morgan fingerprint density at radius 2 is 1.80 bits per heavy atom. The molecule has 0 saturated heterocycles. The number of hydrogen-bond donors (Lipinski definition) is 3. The predicted octanol–water partition coefficient (Wildman–Crippen LogP) is 5.95. The average Bonchev–Trinajstić information content (AvgIpc) is 3.28. The molecule has 2 aliphatic rings. The van der Waals surface area contributed by atoms with E-state index in [-0.39, 0.29) is 29.6 Å². The molecule has 1 aliphatic heterocycles. The van der Waals surface area contributed by atoms with Gasteiger partial charge in [-0.05, 0) is 86.5 Å². The summed E-state index contributed by atoms with van der Waals surface area (Å²) in [5, 5.41) is 7.17. The van der Waals surface area contributed by atoms with E-state index in [4.69, 9.17) is 10.5 Å². The van der Waals surface area contributed by atoms with E-state index in [9.17, 15) is 18.8 Å². The van der Waals surface area contributed by atoms with Crippen LogP contribution in [0.15, 0.2) is 36.4 Å². The summed E-state index contributed by atoms with van der Waals surface area (Å²) in [5.74, 6) is -0.994. The zero-order valence-corrected chi connectivity index (χ0v) is 26.2. The second kappa shape index (κ2) is 13.0. The van der Waals surface area contributed by atoms with Gasteiger partial charge in [0.15, 0.2) is 0 Å². The van der Waals surface area contributed by atoms with E-state index in [0.29, 0.717) is 49.0 Å². The number of halogens is 1. The van der Waals surface area contributed by atoms with Crippen LogP contribution in [0.2, 0.25) is 0 Å². The van der Waals surface area contributed by atoms with Gasteiger partial charge in [-0.1, -0.05) is 33.8 Å². The fraction of sp³-hybridized carbons (Fsp3) is 0.500. The molecule has 2 amide bonds. The Hall–Kier alpha value is -3.92. The van der Waals surface area contributed by atoms with Gasteiger partial charge >= 0.3 is 6.09 Å². The lowest BCUT2D eigenvalue weighted by molar-refractivity contribution is 0.0725. The Morgan fingerprint density at radius 3 is 2.48 bits per heavy atom. The lowest BCUT2D eigenvalue weighted by Gasteiger charge is -2.31. The summed E-state index contributed by atoms with van der Waals surface area (Å²) in [5.41, 5.74) is 9.61. The molecule has 0 atom stereocenters. The number of carbonyl (C=O) groups is 3. The molecule has 2 heterocycles. The van der Waals surface area contributed by atoms with Crippen LogP contribution in [0.25, 0.3) is 22.0 Å². The third-order valence-corrected chi connectivity index (χ3v) is 9.03. The van der Waals surface area contributed by atoms with Crippen LogP contribution in [-0.4, -0.2) is 65.7 Å². The maximum absolute atomic E-state index is 14.4. The van der Waals surface area contributed by atoms with E-state index < -0.39 is 11.7 Å². The Morgan fingerprint density at radius 1 is 1.07 bits per heavy atom. The number of anilines is 1. The first-order valence-electron chi connectivity index (χ1n) is 15.7. The van der Waals surface area contributed by atoms with E-state index >= 15 is 0 Å². The number of aromatic nitrogens is 1. The molecule has 44 heavy (non-hydrogen) atoms. The SMILES string of the molecule is CCN(CC)CCNC(=O)O[C@H]1CC[C@H](Nc2cc(-c3c4n(c5cc(F)ccc35)C(=O)CC(C)(C)C4)ccc2C(N)=O)CC1. The van der Waals surface area contributed by atoms with Gasteiger partial charge < -0.3 is 26.0 Å². The van der Waals surface area contributed by atoms with Crippen LogP contribution in [0.3, 0.4) is 0 Å². The number of nitrogens with two attached hydrogens (primary N) is 1. The van der Waals surface area contributed by atoms with Crippen molar-refractivity contribution >= 4 is 34.5 Å². The van der Waals surface area contributed by atoms with Crippen LogP contribution >= 0.6 is 0 Å². The largest absolute Gasteiger partial charge is 0.446 e. The van der Waals surface area contributed by atoms with Crippen LogP contribution in [-0.2, 0) is 11.2 Å². The van der Waals surface area contributed by atoms with Crippen LogP contribution in [0.5, 0.6) is 0 Å². The Labute approximate surface area is 258 Å². The van der Waals surface area contributed by atoms with Crippen molar-refractivity contribution in [2.24, 2.45) is 11.1 Å². The number of alkyl carbamates (subject to hydrolysis) is 1. The number of fused-ring (bicyclic) bond motifs is 3. The number of ether oxygens (including phenoxy) is 1. The highest BCUT2D eigenvalue weighted by atomic mass is 19.1. The number of primary amides is 1. The summed E-state index contributed by atoms with van der Waals surface area (Å²) in [4.78, 5) is 40.3. The van der Waals surface area contributed by atoms with Crippen LogP contribution in [0, 0.1) is 11.2 Å². The third-order valence-electron chi connectivity index (χ3n) is 9.03. The lowest BCUT2D eigenvalue weighted by Crippen LogP contribution is -2.38. The Balaban J connectivity index is 1.34. The first kappa shape index (κ1) is 31.5. The average molecular weight is 606 g/mol. The summed E-state index contributed by atoms with van der Waals surface area (Å²) in [7, 11) is 0. The van der Waals surface area contributed by atoms with E-state index in [1.165, 1.54) is 12.1 Å². The molecule has 5 rings (SSSR count). The highest BCUT2D eigenvalue weighted by Gasteiger charge is 2.35. The molecule has 9 nitrogen and oxygen atoms in total. The fourth-order valence-corrected chi connectivity index (χ4v) is 6.72. The van der Waals surface area contributed by atoms with Crippen LogP contribution in [0.4, 0.5) is 14.9 Å². The lowest BCUT2D eigenvalue weighted by atomic mass is 9.80. The van der Waals surface area contributed by atoms with Crippen molar-refractivity contribution in [2.45, 2.75) is 78.4 Å². The molecule has 0 bridgehead atoms. The van der Waals surface area contributed by atoms with Gasteiger partial charge in [-0.3, -0.25) is 14.2 Å². The van der Waals surface area contributed by atoms with E-state index in [1.54, 1.807) is 16.7 Å². The molecule has 1 fully saturated rings. The van der Waals surface area contributed by atoms with Crippen LogP contribution in [0.1, 0.15) is 80.6 Å². The first-order valence-corrected chi connectivity index (χ1v) is 15.7. The van der Waals surface area contributed by atoms with E-state index in [0.717, 1.165) is 54.7 Å². The van der Waals surface area contributed by atoms with Crippen molar-refractivity contribution in [1.29, 1.82) is 0 Å². The van der Waals surface area contributed by atoms with Gasteiger partial charge in [0, 0.05) is 47.9 Å². The van der Waals surface area contributed by atoms with Crippen molar-refractivity contribution in [1.82, 2.24) is 14.8 Å². The highest BCUT2D eigenvalue weighted by Crippen LogP contribution is 2.43. The molecule has 0 spiro atoms.